The van der Waals surface area contributed by atoms with Crippen LogP contribution in [0.2, 0.25) is 0 Å². The number of alkyl halides is 3. The van der Waals surface area contributed by atoms with Gasteiger partial charge in [-0.25, -0.2) is 0 Å². The number of ether oxygens (including phenoxy) is 2. The standard InChI is InChI=1S/C17H17F3O3/c1-12-3-5-13(6-4-12)15-8-7-14(22-10-2-9-21)11-16(15)23-17(18,19)20/h3-8,11,21H,2,9-10H2,1H3. The van der Waals surface area contributed by atoms with Gasteiger partial charge in [0.25, 0.3) is 0 Å². The molecule has 0 spiro atoms. The van der Waals surface area contributed by atoms with E-state index in [2.05, 4.69) is 4.74 Å². The lowest BCUT2D eigenvalue weighted by Crippen LogP contribution is -2.17. The normalized spacial score (nSPS) is 11.3. The van der Waals surface area contributed by atoms with Crippen molar-refractivity contribution in [2.75, 3.05) is 13.2 Å². The van der Waals surface area contributed by atoms with Gasteiger partial charge in [0.1, 0.15) is 11.5 Å². The van der Waals surface area contributed by atoms with Crippen LogP contribution in [0.4, 0.5) is 13.2 Å². The van der Waals surface area contributed by atoms with Gasteiger partial charge in [-0.3, -0.25) is 0 Å². The first-order chi connectivity index (χ1) is 10.9. The fraction of sp³-hybridized carbons (Fsp3) is 0.294. The fourth-order valence-electron chi connectivity index (χ4n) is 2.03. The molecule has 0 saturated heterocycles. The molecule has 0 aliphatic rings. The Morgan fingerprint density at radius 3 is 2.35 bits per heavy atom. The van der Waals surface area contributed by atoms with Crippen LogP contribution in [0.1, 0.15) is 12.0 Å². The Morgan fingerprint density at radius 2 is 1.74 bits per heavy atom. The highest BCUT2D eigenvalue weighted by Gasteiger charge is 2.32. The molecular weight excluding hydrogens is 309 g/mol. The minimum Gasteiger partial charge on any atom is -0.493 e. The van der Waals surface area contributed by atoms with Gasteiger partial charge in [-0.2, -0.15) is 0 Å². The van der Waals surface area contributed by atoms with Crippen molar-refractivity contribution in [1.29, 1.82) is 0 Å². The molecule has 1 N–H and O–H groups in total. The summed E-state index contributed by atoms with van der Waals surface area (Å²) in [5.41, 5.74) is 1.96. The highest BCUT2D eigenvalue weighted by atomic mass is 19.4. The van der Waals surface area contributed by atoms with Crippen molar-refractivity contribution >= 4 is 0 Å². The van der Waals surface area contributed by atoms with Crippen LogP contribution in [-0.2, 0) is 0 Å². The molecule has 0 amide bonds. The Morgan fingerprint density at radius 1 is 1.04 bits per heavy atom. The third-order valence-corrected chi connectivity index (χ3v) is 3.11. The second-order valence-electron chi connectivity index (χ2n) is 5.00. The van der Waals surface area contributed by atoms with Crippen LogP contribution < -0.4 is 9.47 Å². The maximum absolute atomic E-state index is 12.6. The molecule has 2 aromatic rings. The summed E-state index contributed by atoms with van der Waals surface area (Å²) in [7, 11) is 0. The van der Waals surface area contributed by atoms with Gasteiger partial charge in [-0.15, -0.1) is 13.2 Å². The van der Waals surface area contributed by atoms with Crippen LogP contribution in [0.15, 0.2) is 42.5 Å². The summed E-state index contributed by atoms with van der Waals surface area (Å²) >= 11 is 0. The molecule has 6 heteroatoms. The van der Waals surface area contributed by atoms with Crippen molar-refractivity contribution in [1.82, 2.24) is 0 Å². The van der Waals surface area contributed by atoms with E-state index in [1.807, 2.05) is 19.1 Å². The number of aliphatic hydroxyl groups is 1. The van der Waals surface area contributed by atoms with Crippen molar-refractivity contribution in [3.05, 3.63) is 48.0 Å². The second-order valence-corrected chi connectivity index (χ2v) is 5.00. The van der Waals surface area contributed by atoms with Crippen LogP contribution in [0.25, 0.3) is 11.1 Å². The number of rotatable bonds is 6. The molecule has 0 aliphatic heterocycles. The topological polar surface area (TPSA) is 38.7 Å². The number of hydrogen-bond donors (Lipinski definition) is 1. The second kappa shape index (κ2) is 7.37. The lowest BCUT2D eigenvalue weighted by Gasteiger charge is -2.15. The molecule has 0 heterocycles. The molecule has 124 valence electrons. The highest BCUT2D eigenvalue weighted by Crippen LogP contribution is 2.36. The molecule has 0 unspecified atom stereocenters. The lowest BCUT2D eigenvalue weighted by atomic mass is 10.0. The van der Waals surface area contributed by atoms with E-state index in [9.17, 15) is 13.2 Å². The van der Waals surface area contributed by atoms with Crippen LogP contribution in [0.5, 0.6) is 11.5 Å². The Balaban J connectivity index is 2.34. The van der Waals surface area contributed by atoms with Crippen LogP contribution in [0, 0.1) is 6.92 Å². The predicted octanol–water partition coefficient (Wildman–Crippen LogP) is 4.32. The largest absolute Gasteiger partial charge is 0.573 e. The van der Waals surface area contributed by atoms with Crippen LogP contribution in [0.3, 0.4) is 0 Å². The summed E-state index contributed by atoms with van der Waals surface area (Å²) in [5.74, 6) is -0.0589. The maximum Gasteiger partial charge on any atom is 0.573 e. The summed E-state index contributed by atoms with van der Waals surface area (Å²) in [4.78, 5) is 0. The molecule has 0 aliphatic carbocycles. The summed E-state index contributed by atoms with van der Waals surface area (Å²) in [6, 6.07) is 11.4. The van der Waals surface area contributed by atoms with Gasteiger partial charge in [0.15, 0.2) is 0 Å². The molecule has 0 radical (unpaired) electrons. The minimum atomic E-state index is -4.79. The predicted molar refractivity (Wildman–Crippen MR) is 80.5 cm³/mol. The summed E-state index contributed by atoms with van der Waals surface area (Å²) in [5, 5.41) is 8.71. The van der Waals surface area contributed by atoms with Crippen molar-refractivity contribution in [3.63, 3.8) is 0 Å². The molecule has 0 fully saturated rings. The third kappa shape index (κ3) is 5.17. The van der Waals surface area contributed by atoms with Gasteiger partial charge in [0.05, 0.1) is 6.61 Å². The van der Waals surface area contributed by atoms with Gasteiger partial charge in [-0.05, 0) is 24.6 Å². The summed E-state index contributed by atoms with van der Waals surface area (Å²) in [6.07, 6.45) is -4.39. The van der Waals surface area contributed by atoms with Crippen molar-refractivity contribution in [2.24, 2.45) is 0 Å². The molecule has 2 aromatic carbocycles. The fourth-order valence-corrected chi connectivity index (χ4v) is 2.03. The first-order valence-electron chi connectivity index (χ1n) is 7.09. The average Bonchev–Trinajstić information content (AvgIpc) is 2.47. The molecule has 0 bridgehead atoms. The number of benzene rings is 2. The number of hydrogen-bond acceptors (Lipinski definition) is 3. The Labute approximate surface area is 132 Å². The molecular formula is C17H17F3O3. The van der Waals surface area contributed by atoms with Crippen molar-refractivity contribution in [2.45, 2.75) is 19.7 Å². The van der Waals surface area contributed by atoms with Gasteiger partial charge in [-0.1, -0.05) is 29.8 Å². The van der Waals surface area contributed by atoms with E-state index in [4.69, 9.17) is 9.84 Å². The van der Waals surface area contributed by atoms with Crippen LogP contribution >= 0.6 is 0 Å². The van der Waals surface area contributed by atoms with Gasteiger partial charge in [0, 0.05) is 24.7 Å². The van der Waals surface area contributed by atoms with Gasteiger partial charge < -0.3 is 14.6 Å². The van der Waals surface area contributed by atoms with Crippen LogP contribution in [-0.4, -0.2) is 24.7 Å². The smallest absolute Gasteiger partial charge is 0.493 e. The first kappa shape index (κ1) is 17.1. The van der Waals surface area contributed by atoms with Gasteiger partial charge in [0.2, 0.25) is 0 Å². The first-order valence-corrected chi connectivity index (χ1v) is 7.09. The van der Waals surface area contributed by atoms with E-state index in [-0.39, 0.29) is 24.7 Å². The SMILES string of the molecule is Cc1ccc(-c2ccc(OCCCO)cc2OC(F)(F)F)cc1. The Bertz CT molecular complexity index is 637. The maximum atomic E-state index is 12.6. The van der Waals surface area contributed by atoms with E-state index in [1.165, 1.54) is 12.1 Å². The lowest BCUT2D eigenvalue weighted by molar-refractivity contribution is -0.274. The van der Waals surface area contributed by atoms with E-state index in [1.54, 1.807) is 18.2 Å². The molecule has 23 heavy (non-hydrogen) atoms. The van der Waals surface area contributed by atoms with Crippen molar-refractivity contribution < 1.29 is 27.8 Å². The summed E-state index contributed by atoms with van der Waals surface area (Å²) in [6.45, 7) is 2.06. The number of aliphatic hydroxyl groups excluding tert-OH is 1. The van der Waals surface area contributed by atoms with E-state index in [0.29, 0.717) is 17.5 Å². The average molecular weight is 326 g/mol. The van der Waals surface area contributed by atoms with Crippen molar-refractivity contribution in [3.8, 4) is 22.6 Å². The molecule has 0 atom stereocenters. The molecule has 3 nitrogen and oxygen atoms in total. The van der Waals surface area contributed by atoms with E-state index >= 15 is 0 Å². The van der Waals surface area contributed by atoms with E-state index in [0.717, 1.165) is 5.56 Å². The molecule has 0 aromatic heterocycles. The molecule has 0 saturated carbocycles. The zero-order valence-electron chi connectivity index (χ0n) is 12.6. The summed E-state index contributed by atoms with van der Waals surface area (Å²) < 4.78 is 47.4. The zero-order chi connectivity index (χ0) is 16.9. The number of halogens is 3. The third-order valence-electron chi connectivity index (χ3n) is 3.11. The Kier molecular flexibility index (Phi) is 5.50. The van der Waals surface area contributed by atoms with Gasteiger partial charge >= 0.3 is 6.36 Å². The highest BCUT2D eigenvalue weighted by molar-refractivity contribution is 5.71. The quantitative estimate of drug-likeness (QED) is 0.804. The zero-order valence-corrected chi connectivity index (χ0v) is 12.6. The van der Waals surface area contributed by atoms with E-state index < -0.39 is 6.36 Å². The monoisotopic (exact) mass is 326 g/mol. The molecule has 2 rings (SSSR count). The number of aryl methyl sites for hydroxylation is 1. The minimum absolute atomic E-state index is 0.0483. The Hall–Kier alpha value is -2.21.